The van der Waals surface area contributed by atoms with Gasteiger partial charge in [0.25, 0.3) is 5.91 Å². The summed E-state index contributed by atoms with van der Waals surface area (Å²) in [6, 6.07) is 5.74. The fourth-order valence-corrected chi connectivity index (χ4v) is 4.21. The van der Waals surface area contributed by atoms with Gasteiger partial charge in [0.1, 0.15) is 10.6 Å². The Morgan fingerprint density at radius 2 is 1.89 bits per heavy atom. The van der Waals surface area contributed by atoms with E-state index in [1.54, 1.807) is 6.20 Å². The normalized spacial score (nSPS) is 22.3. The Bertz CT molecular complexity index is 824. The summed E-state index contributed by atoms with van der Waals surface area (Å²) < 4.78 is 4.45. The van der Waals surface area contributed by atoms with Gasteiger partial charge in [-0.2, -0.15) is 4.37 Å². The molecular formula is C20H24N4O2S. The van der Waals surface area contributed by atoms with Gasteiger partial charge in [-0.3, -0.25) is 14.6 Å². The predicted octanol–water partition coefficient (Wildman–Crippen LogP) is 3.86. The summed E-state index contributed by atoms with van der Waals surface area (Å²) in [5.74, 6) is 0.594. The van der Waals surface area contributed by atoms with Gasteiger partial charge in [0.15, 0.2) is 0 Å². The molecule has 2 saturated carbocycles. The van der Waals surface area contributed by atoms with Crippen LogP contribution in [0.15, 0.2) is 24.4 Å². The molecule has 0 spiro atoms. The summed E-state index contributed by atoms with van der Waals surface area (Å²) in [7, 11) is 0. The number of nitrogens with zero attached hydrogens (tertiary/aromatic N) is 2. The second-order valence-electron chi connectivity index (χ2n) is 7.64. The van der Waals surface area contributed by atoms with Crippen LogP contribution in [0.2, 0.25) is 0 Å². The summed E-state index contributed by atoms with van der Waals surface area (Å²) in [6.45, 7) is 2.26. The second kappa shape index (κ2) is 7.76. The van der Waals surface area contributed by atoms with Crippen LogP contribution in [0, 0.1) is 11.8 Å². The zero-order valence-electron chi connectivity index (χ0n) is 15.4. The van der Waals surface area contributed by atoms with Crippen LogP contribution in [0.1, 0.15) is 55.1 Å². The van der Waals surface area contributed by atoms with Crippen molar-refractivity contribution in [1.82, 2.24) is 14.7 Å². The van der Waals surface area contributed by atoms with Crippen LogP contribution in [0.5, 0.6) is 0 Å². The van der Waals surface area contributed by atoms with Gasteiger partial charge in [0.05, 0.1) is 11.4 Å². The van der Waals surface area contributed by atoms with Crippen molar-refractivity contribution in [2.75, 3.05) is 5.32 Å². The third-order valence-electron chi connectivity index (χ3n) is 5.35. The maximum atomic E-state index is 12.9. The van der Waals surface area contributed by atoms with Crippen molar-refractivity contribution in [3.8, 4) is 11.4 Å². The minimum absolute atomic E-state index is 0.0343. The molecule has 2 aromatic heterocycles. The van der Waals surface area contributed by atoms with Gasteiger partial charge in [-0.15, -0.1) is 0 Å². The molecule has 142 valence electrons. The molecule has 0 unspecified atom stereocenters. The van der Waals surface area contributed by atoms with Crippen LogP contribution in [0.25, 0.3) is 11.4 Å². The Labute approximate surface area is 162 Å². The lowest BCUT2D eigenvalue weighted by molar-refractivity contribution is -0.117. The Morgan fingerprint density at radius 1 is 1.11 bits per heavy atom. The molecule has 0 saturated heterocycles. The van der Waals surface area contributed by atoms with Gasteiger partial charge in [-0.1, -0.05) is 13.0 Å². The van der Waals surface area contributed by atoms with Gasteiger partial charge in [-0.05, 0) is 68.1 Å². The molecule has 0 aromatic carbocycles. The lowest BCUT2D eigenvalue weighted by Crippen LogP contribution is -2.37. The van der Waals surface area contributed by atoms with Crippen LogP contribution in [-0.2, 0) is 4.79 Å². The van der Waals surface area contributed by atoms with Gasteiger partial charge in [-0.25, -0.2) is 0 Å². The van der Waals surface area contributed by atoms with Crippen molar-refractivity contribution in [3.63, 3.8) is 0 Å². The molecule has 0 bridgehead atoms. The number of nitrogens with one attached hydrogen (secondary N) is 2. The van der Waals surface area contributed by atoms with E-state index in [9.17, 15) is 9.59 Å². The molecule has 2 fully saturated rings. The van der Waals surface area contributed by atoms with Crippen LogP contribution in [0.4, 0.5) is 5.69 Å². The SMILES string of the molecule is CC1CCC(NC(=O)c2snc(-c3ccccn3)c2NC(=O)C2CC2)CC1. The number of hydrogen-bond acceptors (Lipinski definition) is 5. The third kappa shape index (κ3) is 4.18. The molecule has 0 atom stereocenters. The molecule has 0 aliphatic heterocycles. The fraction of sp³-hybridized carbons (Fsp3) is 0.500. The van der Waals surface area contributed by atoms with E-state index >= 15 is 0 Å². The van der Waals surface area contributed by atoms with Crippen LogP contribution in [0.3, 0.4) is 0 Å². The number of rotatable bonds is 5. The van der Waals surface area contributed by atoms with Crippen LogP contribution < -0.4 is 10.6 Å². The van der Waals surface area contributed by atoms with Gasteiger partial charge in [0.2, 0.25) is 5.91 Å². The molecule has 2 heterocycles. The summed E-state index contributed by atoms with van der Waals surface area (Å²) in [5.41, 5.74) is 1.72. The van der Waals surface area contributed by atoms with Crippen molar-refractivity contribution in [2.24, 2.45) is 11.8 Å². The van der Waals surface area contributed by atoms with Gasteiger partial charge in [0, 0.05) is 18.2 Å². The fourth-order valence-electron chi connectivity index (χ4n) is 3.46. The third-order valence-corrected chi connectivity index (χ3v) is 6.20. The quantitative estimate of drug-likeness (QED) is 0.820. The summed E-state index contributed by atoms with van der Waals surface area (Å²) in [4.78, 5) is 30.1. The number of carbonyl (C=O) groups is 2. The number of anilines is 1. The molecule has 2 amide bonds. The lowest BCUT2D eigenvalue weighted by Gasteiger charge is -2.26. The molecule has 7 heteroatoms. The van der Waals surface area contributed by atoms with Crippen molar-refractivity contribution < 1.29 is 9.59 Å². The van der Waals surface area contributed by atoms with E-state index in [1.807, 2.05) is 18.2 Å². The molecule has 27 heavy (non-hydrogen) atoms. The molecule has 2 N–H and O–H groups in total. The molecule has 4 rings (SSSR count). The maximum absolute atomic E-state index is 12.9. The lowest BCUT2D eigenvalue weighted by atomic mass is 9.87. The second-order valence-corrected chi connectivity index (χ2v) is 8.42. The summed E-state index contributed by atoms with van der Waals surface area (Å²) in [5, 5.41) is 6.09. The van der Waals surface area contributed by atoms with Crippen molar-refractivity contribution in [3.05, 3.63) is 29.3 Å². The predicted molar refractivity (Wildman–Crippen MR) is 106 cm³/mol. The summed E-state index contributed by atoms with van der Waals surface area (Å²) in [6.07, 6.45) is 7.78. The average molecular weight is 385 g/mol. The first-order valence-corrected chi connectivity index (χ1v) is 10.4. The van der Waals surface area contributed by atoms with E-state index < -0.39 is 0 Å². The van der Waals surface area contributed by atoms with E-state index in [4.69, 9.17) is 0 Å². The van der Waals surface area contributed by atoms with E-state index in [-0.39, 0.29) is 23.8 Å². The first-order valence-electron chi connectivity index (χ1n) is 9.64. The topological polar surface area (TPSA) is 84.0 Å². The minimum atomic E-state index is -0.152. The Morgan fingerprint density at radius 3 is 2.56 bits per heavy atom. The van der Waals surface area contributed by atoms with E-state index in [1.165, 1.54) is 0 Å². The monoisotopic (exact) mass is 384 g/mol. The zero-order valence-corrected chi connectivity index (χ0v) is 16.2. The molecule has 2 aromatic rings. The molecule has 2 aliphatic carbocycles. The zero-order chi connectivity index (χ0) is 18.8. The van der Waals surface area contributed by atoms with Crippen molar-refractivity contribution in [2.45, 2.75) is 51.5 Å². The van der Waals surface area contributed by atoms with E-state index in [0.717, 1.165) is 56.0 Å². The molecule has 2 aliphatic rings. The Hall–Kier alpha value is -2.28. The first kappa shape index (κ1) is 18.1. The average Bonchev–Trinajstić information content (AvgIpc) is 3.45. The first-order chi connectivity index (χ1) is 13.1. The molecular weight excluding hydrogens is 360 g/mol. The number of pyridine rings is 1. The van der Waals surface area contributed by atoms with Crippen LogP contribution >= 0.6 is 11.5 Å². The Balaban J connectivity index is 1.58. The van der Waals surface area contributed by atoms with Crippen molar-refractivity contribution in [1.29, 1.82) is 0 Å². The van der Waals surface area contributed by atoms with Crippen molar-refractivity contribution >= 4 is 29.0 Å². The smallest absolute Gasteiger partial charge is 0.265 e. The highest BCUT2D eigenvalue weighted by molar-refractivity contribution is 7.09. The molecule has 0 radical (unpaired) electrons. The van der Waals surface area contributed by atoms with Crippen LogP contribution in [-0.4, -0.2) is 27.2 Å². The summed E-state index contributed by atoms with van der Waals surface area (Å²) >= 11 is 1.13. The van der Waals surface area contributed by atoms with E-state index in [0.29, 0.717) is 22.0 Å². The standard InChI is InChI=1S/C20H24N4O2S/c1-12-5-9-14(10-6-12)22-20(26)18-17(23-19(25)13-7-8-13)16(24-27-18)15-4-2-3-11-21-15/h2-4,11-14H,5-10H2,1H3,(H,22,26)(H,23,25). The number of amides is 2. The number of carbonyl (C=O) groups excluding carboxylic acids is 2. The van der Waals surface area contributed by atoms with Gasteiger partial charge >= 0.3 is 0 Å². The highest BCUT2D eigenvalue weighted by Gasteiger charge is 2.32. The highest BCUT2D eigenvalue weighted by Crippen LogP contribution is 2.36. The number of hydrogen-bond donors (Lipinski definition) is 2. The molecule has 6 nitrogen and oxygen atoms in total. The van der Waals surface area contributed by atoms with E-state index in [2.05, 4.69) is 26.9 Å². The Kier molecular flexibility index (Phi) is 5.20. The largest absolute Gasteiger partial charge is 0.348 e. The van der Waals surface area contributed by atoms with Gasteiger partial charge < -0.3 is 10.6 Å². The highest BCUT2D eigenvalue weighted by atomic mass is 32.1. The maximum Gasteiger partial charge on any atom is 0.265 e. The minimum Gasteiger partial charge on any atom is -0.348 e. The number of aromatic nitrogens is 2.